The number of pyridine rings is 1. The Hall–Kier alpha value is -2.43. The molecule has 4 rings (SSSR count). The number of halogens is 1. The fraction of sp³-hybridized carbons (Fsp3) is 0.273. The molecule has 0 aliphatic carbocycles. The van der Waals surface area contributed by atoms with Crippen LogP contribution in [0.5, 0.6) is 0 Å². The largest absolute Gasteiger partial charge is 0.378 e. The zero-order valence-electron chi connectivity index (χ0n) is 15.5. The van der Waals surface area contributed by atoms with Crippen LogP contribution in [0.25, 0.3) is 22.2 Å². The van der Waals surface area contributed by atoms with Crippen molar-refractivity contribution in [3.05, 3.63) is 64.2 Å². The van der Waals surface area contributed by atoms with E-state index in [9.17, 15) is 4.79 Å². The molecule has 0 unspecified atom stereocenters. The van der Waals surface area contributed by atoms with Gasteiger partial charge in [0, 0.05) is 29.1 Å². The molecule has 0 saturated carbocycles. The van der Waals surface area contributed by atoms with Gasteiger partial charge in [-0.25, -0.2) is 4.98 Å². The lowest BCUT2D eigenvalue weighted by molar-refractivity contribution is 0.0304. The molecule has 0 bridgehead atoms. The van der Waals surface area contributed by atoms with Gasteiger partial charge in [-0.05, 0) is 43.7 Å². The minimum Gasteiger partial charge on any atom is -0.378 e. The van der Waals surface area contributed by atoms with Crippen LogP contribution < -0.4 is 0 Å². The number of carbonyl (C=O) groups is 1. The van der Waals surface area contributed by atoms with Crippen molar-refractivity contribution in [1.82, 2.24) is 9.88 Å². The molecular formula is C22H21ClN2O2. The zero-order valence-corrected chi connectivity index (χ0v) is 16.2. The van der Waals surface area contributed by atoms with E-state index in [1.807, 2.05) is 49.1 Å². The highest BCUT2D eigenvalue weighted by Gasteiger charge is 2.22. The average molecular weight is 381 g/mol. The van der Waals surface area contributed by atoms with E-state index in [0.29, 0.717) is 36.9 Å². The smallest absolute Gasteiger partial charge is 0.254 e. The quantitative estimate of drug-likeness (QED) is 0.650. The second-order valence-corrected chi connectivity index (χ2v) is 7.38. The van der Waals surface area contributed by atoms with Gasteiger partial charge >= 0.3 is 0 Å². The van der Waals surface area contributed by atoms with E-state index in [4.69, 9.17) is 21.3 Å². The Morgan fingerprint density at radius 1 is 1.07 bits per heavy atom. The van der Waals surface area contributed by atoms with Crippen molar-refractivity contribution in [3.63, 3.8) is 0 Å². The van der Waals surface area contributed by atoms with Crippen molar-refractivity contribution in [2.45, 2.75) is 13.8 Å². The first kappa shape index (κ1) is 18.0. The molecule has 0 spiro atoms. The molecule has 2 aromatic carbocycles. The number of fused-ring (bicyclic) bond motifs is 1. The molecule has 5 heteroatoms. The van der Waals surface area contributed by atoms with Gasteiger partial charge in [0.15, 0.2) is 0 Å². The number of benzene rings is 2. The highest BCUT2D eigenvalue weighted by atomic mass is 35.5. The van der Waals surface area contributed by atoms with Gasteiger partial charge in [0.25, 0.3) is 5.91 Å². The second kappa shape index (κ2) is 7.29. The van der Waals surface area contributed by atoms with Crippen LogP contribution in [0, 0.1) is 13.8 Å². The summed E-state index contributed by atoms with van der Waals surface area (Å²) in [7, 11) is 0. The van der Waals surface area contributed by atoms with E-state index in [1.54, 1.807) is 0 Å². The first-order chi connectivity index (χ1) is 13.0. The van der Waals surface area contributed by atoms with Crippen LogP contribution in [0.2, 0.25) is 5.02 Å². The molecule has 1 fully saturated rings. The van der Waals surface area contributed by atoms with E-state index in [2.05, 4.69) is 12.1 Å². The SMILES string of the molecule is Cc1cc(C)c2nc(-c3ccc(Cl)cc3)cc(C(=O)N3CCOCC3)c2c1. The van der Waals surface area contributed by atoms with Crippen LogP contribution in [0.3, 0.4) is 0 Å². The predicted molar refractivity (Wildman–Crippen MR) is 108 cm³/mol. The average Bonchev–Trinajstić information content (AvgIpc) is 2.68. The number of rotatable bonds is 2. The number of aryl methyl sites for hydroxylation is 2. The number of nitrogens with zero attached hydrogens (tertiary/aromatic N) is 2. The van der Waals surface area contributed by atoms with E-state index in [-0.39, 0.29) is 5.91 Å². The lowest BCUT2D eigenvalue weighted by Crippen LogP contribution is -2.40. The van der Waals surface area contributed by atoms with Crippen molar-refractivity contribution < 1.29 is 9.53 Å². The van der Waals surface area contributed by atoms with Gasteiger partial charge < -0.3 is 9.64 Å². The summed E-state index contributed by atoms with van der Waals surface area (Å²) in [6, 6.07) is 13.6. The minimum atomic E-state index is 0.0333. The molecule has 4 nitrogen and oxygen atoms in total. The second-order valence-electron chi connectivity index (χ2n) is 6.94. The molecule has 3 aromatic rings. The first-order valence-corrected chi connectivity index (χ1v) is 9.46. The Kier molecular flexibility index (Phi) is 4.85. The van der Waals surface area contributed by atoms with Gasteiger partial charge in [-0.1, -0.05) is 35.4 Å². The maximum atomic E-state index is 13.3. The first-order valence-electron chi connectivity index (χ1n) is 9.08. The van der Waals surface area contributed by atoms with Crippen molar-refractivity contribution >= 4 is 28.4 Å². The molecule has 1 saturated heterocycles. The maximum absolute atomic E-state index is 13.3. The Labute approximate surface area is 163 Å². The van der Waals surface area contributed by atoms with Gasteiger partial charge in [-0.3, -0.25) is 4.79 Å². The maximum Gasteiger partial charge on any atom is 0.254 e. The van der Waals surface area contributed by atoms with Gasteiger partial charge in [0.05, 0.1) is 30.0 Å². The van der Waals surface area contributed by atoms with Crippen LogP contribution in [0.15, 0.2) is 42.5 Å². The summed E-state index contributed by atoms with van der Waals surface area (Å²) in [5.41, 5.74) is 5.47. The molecule has 27 heavy (non-hydrogen) atoms. The molecule has 1 aromatic heterocycles. The van der Waals surface area contributed by atoms with E-state index >= 15 is 0 Å². The third-order valence-electron chi connectivity index (χ3n) is 4.92. The summed E-state index contributed by atoms with van der Waals surface area (Å²) in [6.45, 7) is 6.47. The van der Waals surface area contributed by atoms with E-state index in [1.165, 1.54) is 0 Å². The summed E-state index contributed by atoms with van der Waals surface area (Å²) in [4.78, 5) is 20.0. The number of carbonyl (C=O) groups excluding carboxylic acids is 1. The Morgan fingerprint density at radius 2 is 1.78 bits per heavy atom. The fourth-order valence-corrected chi connectivity index (χ4v) is 3.69. The summed E-state index contributed by atoms with van der Waals surface area (Å²) >= 11 is 6.03. The Bertz CT molecular complexity index is 1010. The van der Waals surface area contributed by atoms with Crippen molar-refractivity contribution in [2.75, 3.05) is 26.3 Å². The van der Waals surface area contributed by atoms with Gasteiger partial charge in [-0.15, -0.1) is 0 Å². The zero-order chi connectivity index (χ0) is 19.0. The van der Waals surface area contributed by atoms with E-state index in [0.717, 1.165) is 33.3 Å². The number of ether oxygens (including phenoxy) is 1. The van der Waals surface area contributed by atoms with E-state index < -0.39 is 0 Å². The number of aromatic nitrogens is 1. The molecule has 0 atom stereocenters. The number of hydrogen-bond acceptors (Lipinski definition) is 3. The molecule has 2 heterocycles. The lowest BCUT2D eigenvalue weighted by atomic mass is 9.99. The Balaban J connectivity index is 1.91. The predicted octanol–water partition coefficient (Wildman–Crippen LogP) is 4.64. The fourth-order valence-electron chi connectivity index (χ4n) is 3.56. The highest BCUT2D eigenvalue weighted by Crippen LogP contribution is 2.29. The summed E-state index contributed by atoms with van der Waals surface area (Å²) in [6.07, 6.45) is 0. The molecule has 1 aliphatic heterocycles. The molecule has 1 aliphatic rings. The van der Waals surface area contributed by atoms with Crippen molar-refractivity contribution in [1.29, 1.82) is 0 Å². The van der Waals surface area contributed by atoms with Crippen LogP contribution >= 0.6 is 11.6 Å². The van der Waals surface area contributed by atoms with Crippen LogP contribution in [0.1, 0.15) is 21.5 Å². The van der Waals surface area contributed by atoms with Crippen molar-refractivity contribution in [2.24, 2.45) is 0 Å². The summed E-state index contributed by atoms with van der Waals surface area (Å²) in [5, 5.41) is 1.58. The molecular weight excluding hydrogens is 360 g/mol. The van der Waals surface area contributed by atoms with Gasteiger partial charge in [-0.2, -0.15) is 0 Å². The molecule has 1 amide bonds. The van der Waals surface area contributed by atoms with Crippen LogP contribution in [-0.2, 0) is 4.74 Å². The van der Waals surface area contributed by atoms with Crippen molar-refractivity contribution in [3.8, 4) is 11.3 Å². The third-order valence-corrected chi connectivity index (χ3v) is 5.17. The summed E-state index contributed by atoms with van der Waals surface area (Å²) < 4.78 is 5.40. The number of morpholine rings is 1. The monoisotopic (exact) mass is 380 g/mol. The molecule has 0 radical (unpaired) electrons. The standard InChI is InChI=1S/C22H21ClN2O2/c1-14-11-15(2)21-18(12-14)19(22(26)25-7-9-27-10-8-25)13-20(24-21)16-3-5-17(23)6-4-16/h3-6,11-13H,7-10H2,1-2H3. The topological polar surface area (TPSA) is 42.4 Å². The Morgan fingerprint density at radius 3 is 2.48 bits per heavy atom. The van der Waals surface area contributed by atoms with Gasteiger partial charge in [0.1, 0.15) is 0 Å². The normalized spacial score (nSPS) is 14.6. The highest BCUT2D eigenvalue weighted by molar-refractivity contribution is 6.30. The molecule has 138 valence electrons. The van der Waals surface area contributed by atoms with Gasteiger partial charge in [0.2, 0.25) is 0 Å². The number of hydrogen-bond donors (Lipinski definition) is 0. The molecule has 0 N–H and O–H groups in total. The minimum absolute atomic E-state index is 0.0333. The number of amides is 1. The summed E-state index contributed by atoms with van der Waals surface area (Å²) in [5.74, 6) is 0.0333. The lowest BCUT2D eigenvalue weighted by Gasteiger charge is -2.27. The van der Waals surface area contributed by atoms with Crippen LogP contribution in [0.4, 0.5) is 0 Å². The third kappa shape index (κ3) is 3.55. The van der Waals surface area contributed by atoms with Crippen LogP contribution in [-0.4, -0.2) is 42.1 Å².